The number of amides is 1. The van der Waals surface area contributed by atoms with Gasteiger partial charge < -0.3 is 14.4 Å². The van der Waals surface area contributed by atoms with Crippen LogP contribution in [0.3, 0.4) is 0 Å². The molecular weight excluding hydrogens is 370 g/mol. The highest BCUT2D eigenvalue weighted by molar-refractivity contribution is 9.10. The van der Waals surface area contributed by atoms with Gasteiger partial charge in [0.05, 0.1) is 18.9 Å². The van der Waals surface area contributed by atoms with E-state index >= 15 is 0 Å². The summed E-state index contributed by atoms with van der Waals surface area (Å²) < 4.78 is 12.7. The summed E-state index contributed by atoms with van der Waals surface area (Å²) in [6.07, 6.45) is 8.07. The maximum atomic E-state index is 13.1. The van der Waals surface area contributed by atoms with Crippen molar-refractivity contribution in [1.29, 1.82) is 0 Å². The Labute approximate surface area is 152 Å². The van der Waals surface area contributed by atoms with E-state index in [0.29, 0.717) is 13.2 Å². The lowest BCUT2D eigenvalue weighted by Crippen LogP contribution is -2.47. The van der Waals surface area contributed by atoms with Crippen LogP contribution >= 0.6 is 15.9 Å². The van der Waals surface area contributed by atoms with Gasteiger partial charge in [0.2, 0.25) is 0 Å². The molecule has 4 nitrogen and oxygen atoms in total. The standard InChI is InChI=1S/C19H26BrNO3/c1-2-3-4-5-6-7-11-21-17-10-9-15(20)14-16(17)19(18(21)22)23-12-8-13-24-19/h9-10,14H,2-8,11-13H2,1H3. The summed E-state index contributed by atoms with van der Waals surface area (Å²) in [6.45, 7) is 4.07. The first kappa shape index (κ1) is 17.9. The number of hydrogen-bond acceptors (Lipinski definition) is 3. The molecule has 24 heavy (non-hydrogen) atoms. The molecule has 1 amide bonds. The zero-order chi connectivity index (χ0) is 17.0. The minimum absolute atomic E-state index is 0.0659. The Hall–Kier alpha value is -0.910. The number of unbranched alkanes of at least 4 members (excludes halogenated alkanes) is 5. The molecular formula is C19H26BrNO3. The Bertz CT molecular complexity index is 584. The van der Waals surface area contributed by atoms with Gasteiger partial charge in [0, 0.05) is 16.6 Å². The number of carbonyl (C=O) groups is 1. The Morgan fingerprint density at radius 1 is 1.12 bits per heavy atom. The van der Waals surface area contributed by atoms with Crippen LogP contribution in [0.1, 0.15) is 57.4 Å². The van der Waals surface area contributed by atoms with Crippen LogP contribution in [-0.2, 0) is 20.1 Å². The average Bonchev–Trinajstić information content (AvgIpc) is 2.81. The Kier molecular flexibility index (Phi) is 5.95. The lowest BCUT2D eigenvalue weighted by molar-refractivity contribution is -0.256. The second-order valence-electron chi connectivity index (χ2n) is 6.55. The highest BCUT2D eigenvalue weighted by Crippen LogP contribution is 2.46. The minimum Gasteiger partial charge on any atom is -0.338 e. The molecule has 132 valence electrons. The number of rotatable bonds is 7. The predicted molar refractivity (Wildman–Crippen MR) is 98.1 cm³/mol. The van der Waals surface area contributed by atoms with E-state index in [-0.39, 0.29) is 5.91 Å². The van der Waals surface area contributed by atoms with Crippen LogP contribution in [0.4, 0.5) is 5.69 Å². The molecule has 0 N–H and O–H groups in total. The highest BCUT2D eigenvalue weighted by Gasteiger charge is 2.54. The molecule has 1 fully saturated rings. The molecule has 0 aromatic heterocycles. The third-order valence-electron chi connectivity index (χ3n) is 4.77. The van der Waals surface area contributed by atoms with E-state index in [4.69, 9.17) is 9.47 Å². The van der Waals surface area contributed by atoms with Gasteiger partial charge in [-0.05, 0) is 31.0 Å². The van der Waals surface area contributed by atoms with Gasteiger partial charge in [-0.25, -0.2) is 0 Å². The summed E-state index contributed by atoms with van der Waals surface area (Å²) in [4.78, 5) is 14.9. The number of benzene rings is 1. The first-order chi connectivity index (χ1) is 11.7. The SMILES string of the molecule is CCCCCCCCN1C(=O)C2(OCCCO2)c2cc(Br)ccc21. The maximum Gasteiger partial charge on any atom is 0.292 e. The van der Waals surface area contributed by atoms with Gasteiger partial charge in [0.25, 0.3) is 11.7 Å². The van der Waals surface area contributed by atoms with Crippen molar-refractivity contribution < 1.29 is 14.3 Å². The summed E-state index contributed by atoms with van der Waals surface area (Å²) in [5, 5.41) is 0. The quantitative estimate of drug-likeness (QED) is 0.625. The van der Waals surface area contributed by atoms with E-state index < -0.39 is 5.79 Å². The van der Waals surface area contributed by atoms with Crippen molar-refractivity contribution in [1.82, 2.24) is 0 Å². The molecule has 1 aromatic carbocycles. The summed E-state index contributed by atoms with van der Waals surface area (Å²) in [6, 6.07) is 5.92. The largest absolute Gasteiger partial charge is 0.338 e. The van der Waals surface area contributed by atoms with Crippen molar-refractivity contribution in [2.24, 2.45) is 0 Å². The number of halogens is 1. The van der Waals surface area contributed by atoms with Gasteiger partial charge in [-0.3, -0.25) is 4.79 Å². The van der Waals surface area contributed by atoms with Crippen LogP contribution in [0, 0.1) is 0 Å². The van der Waals surface area contributed by atoms with E-state index in [1.807, 2.05) is 23.1 Å². The molecule has 0 radical (unpaired) electrons. The molecule has 5 heteroatoms. The average molecular weight is 396 g/mol. The first-order valence-corrected chi connectivity index (χ1v) is 9.88. The fraction of sp³-hybridized carbons (Fsp3) is 0.632. The third kappa shape index (κ3) is 3.39. The van der Waals surface area contributed by atoms with Crippen molar-refractivity contribution >= 4 is 27.5 Å². The monoisotopic (exact) mass is 395 g/mol. The van der Waals surface area contributed by atoms with Crippen LogP contribution in [0.15, 0.2) is 22.7 Å². The zero-order valence-electron chi connectivity index (χ0n) is 14.4. The van der Waals surface area contributed by atoms with Gasteiger partial charge in [0.1, 0.15) is 0 Å². The second-order valence-corrected chi connectivity index (χ2v) is 7.47. The summed E-state index contributed by atoms with van der Waals surface area (Å²) in [5.41, 5.74) is 1.77. The van der Waals surface area contributed by atoms with Crippen LogP contribution in [-0.4, -0.2) is 25.7 Å². The number of ether oxygens (including phenoxy) is 2. The topological polar surface area (TPSA) is 38.8 Å². The van der Waals surface area contributed by atoms with Crippen LogP contribution < -0.4 is 4.90 Å². The second kappa shape index (κ2) is 7.98. The normalized spacial score (nSPS) is 19.1. The van der Waals surface area contributed by atoms with Crippen molar-refractivity contribution in [3.8, 4) is 0 Å². The number of fused-ring (bicyclic) bond motifs is 2. The summed E-state index contributed by atoms with van der Waals surface area (Å²) in [5.74, 6) is -1.29. The van der Waals surface area contributed by atoms with E-state index in [9.17, 15) is 4.79 Å². The molecule has 0 aliphatic carbocycles. The van der Waals surface area contributed by atoms with Gasteiger partial charge in [-0.15, -0.1) is 0 Å². The summed E-state index contributed by atoms with van der Waals surface area (Å²) >= 11 is 3.50. The molecule has 0 saturated carbocycles. The fourth-order valence-corrected chi connectivity index (χ4v) is 3.85. The number of carbonyl (C=O) groups excluding carboxylic acids is 1. The molecule has 0 unspecified atom stereocenters. The smallest absolute Gasteiger partial charge is 0.292 e. The molecule has 2 heterocycles. The lowest BCUT2D eigenvalue weighted by atomic mass is 10.1. The molecule has 2 aliphatic rings. The minimum atomic E-state index is -1.22. The van der Waals surface area contributed by atoms with Gasteiger partial charge in [0.15, 0.2) is 0 Å². The molecule has 0 atom stereocenters. The number of anilines is 1. The van der Waals surface area contributed by atoms with Crippen molar-refractivity contribution in [3.63, 3.8) is 0 Å². The Balaban J connectivity index is 1.73. The molecule has 1 saturated heterocycles. The van der Waals surface area contributed by atoms with E-state index in [2.05, 4.69) is 22.9 Å². The van der Waals surface area contributed by atoms with E-state index in [1.54, 1.807) is 0 Å². The molecule has 1 aromatic rings. The van der Waals surface area contributed by atoms with E-state index in [0.717, 1.165) is 41.5 Å². The zero-order valence-corrected chi connectivity index (χ0v) is 15.9. The number of hydrogen-bond donors (Lipinski definition) is 0. The molecule has 2 aliphatic heterocycles. The molecule has 1 spiro atoms. The Morgan fingerprint density at radius 3 is 2.58 bits per heavy atom. The predicted octanol–water partition coefficient (Wildman–Crippen LogP) is 4.75. The summed E-state index contributed by atoms with van der Waals surface area (Å²) in [7, 11) is 0. The van der Waals surface area contributed by atoms with Gasteiger partial charge in [-0.2, -0.15) is 0 Å². The van der Waals surface area contributed by atoms with Gasteiger partial charge >= 0.3 is 0 Å². The third-order valence-corrected chi connectivity index (χ3v) is 5.26. The lowest BCUT2D eigenvalue weighted by Gasteiger charge is -2.32. The Morgan fingerprint density at radius 2 is 1.83 bits per heavy atom. The first-order valence-electron chi connectivity index (χ1n) is 9.09. The highest BCUT2D eigenvalue weighted by atomic mass is 79.9. The number of nitrogens with zero attached hydrogens (tertiary/aromatic N) is 1. The molecule has 0 bridgehead atoms. The van der Waals surface area contributed by atoms with Crippen LogP contribution in [0.2, 0.25) is 0 Å². The van der Waals surface area contributed by atoms with Crippen molar-refractivity contribution in [2.75, 3.05) is 24.7 Å². The maximum absolute atomic E-state index is 13.1. The van der Waals surface area contributed by atoms with Crippen LogP contribution in [0.5, 0.6) is 0 Å². The van der Waals surface area contributed by atoms with Crippen LogP contribution in [0.25, 0.3) is 0 Å². The van der Waals surface area contributed by atoms with Gasteiger partial charge in [-0.1, -0.05) is 55.0 Å². The van der Waals surface area contributed by atoms with E-state index in [1.165, 1.54) is 25.7 Å². The fourth-order valence-electron chi connectivity index (χ4n) is 3.49. The molecule has 3 rings (SSSR count). The van der Waals surface area contributed by atoms with Crippen molar-refractivity contribution in [3.05, 3.63) is 28.2 Å². The van der Waals surface area contributed by atoms with Crippen molar-refractivity contribution in [2.45, 2.75) is 57.7 Å².